The predicted octanol–water partition coefficient (Wildman–Crippen LogP) is 1.24. The van der Waals surface area contributed by atoms with Gasteiger partial charge in [0.05, 0.1) is 10.8 Å². The van der Waals surface area contributed by atoms with Crippen molar-refractivity contribution < 1.29 is 18.3 Å². The Morgan fingerprint density at radius 2 is 1.95 bits per heavy atom. The molecule has 0 unspecified atom stereocenters. The summed E-state index contributed by atoms with van der Waals surface area (Å²) >= 11 is 0. The molecule has 0 spiro atoms. The zero-order valence-corrected chi connectivity index (χ0v) is 12.5. The van der Waals surface area contributed by atoms with Gasteiger partial charge in [-0.1, -0.05) is 0 Å². The number of rotatable bonds is 4. The molecule has 1 aromatic rings. The van der Waals surface area contributed by atoms with Crippen LogP contribution >= 0.6 is 0 Å². The van der Waals surface area contributed by atoms with E-state index in [1.807, 2.05) is 0 Å². The highest BCUT2D eigenvalue weighted by atomic mass is 32.2. The van der Waals surface area contributed by atoms with Gasteiger partial charge in [0, 0.05) is 18.4 Å². The minimum Gasteiger partial charge on any atom is -0.478 e. The number of aromatic carboxylic acids is 1. The van der Waals surface area contributed by atoms with Crippen molar-refractivity contribution in [1.82, 2.24) is 8.87 Å². The Bertz CT molecular complexity index is 583. The molecule has 0 bridgehead atoms. The molecule has 1 N–H and O–H groups in total. The molecular formula is C13H20N2O4S. The molecule has 1 fully saturated rings. The molecule has 0 amide bonds. The molecule has 20 heavy (non-hydrogen) atoms. The van der Waals surface area contributed by atoms with E-state index in [0.717, 1.165) is 17.1 Å². The van der Waals surface area contributed by atoms with Gasteiger partial charge in [-0.3, -0.25) is 3.97 Å². The first-order valence-corrected chi connectivity index (χ1v) is 8.22. The van der Waals surface area contributed by atoms with Gasteiger partial charge in [0.1, 0.15) is 0 Å². The van der Waals surface area contributed by atoms with Gasteiger partial charge < -0.3 is 10.0 Å². The van der Waals surface area contributed by atoms with Crippen LogP contribution in [-0.4, -0.2) is 52.7 Å². The lowest BCUT2D eigenvalue weighted by Gasteiger charge is -2.34. The number of aromatic nitrogens is 1. The topological polar surface area (TPSA) is 79.6 Å². The largest absolute Gasteiger partial charge is 0.478 e. The van der Waals surface area contributed by atoms with Gasteiger partial charge in [0.15, 0.2) is 0 Å². The number of piperidine rings is 1. The van der Waals surface area contributed by atoms with Gasteiger partial charge in [-0.2, -0.15) is 0 Å². The summed E-state index contributed by atoms with van der Waals surface area (Å²) in [6.45, 7) is 5.71. The fraction of sp³-hybridized carbons (Fsp3) is 0.615. The second kappa shape index (κ2) is 5.57. The highest BCUT2D eigenvalue weighted by molar-refractivity contribution is 7.90. The summed E-state index contributed by atoms with van der Waals surface area (Å²) in [5, 5.41) is 8.42. The van der Waals surface area contributed by atoms with Crippen molar-refractivity contribution in [2.45, 2.75) is 38.0 Å². The number of carboxylic acid groups (broad SMARTS) is 1. The first-order chi connectivity index (χ1) is 9.32. The summed E-state index contributed by atoms with van der Waals surface area (Å²) in [6.07, 6.45) is 3.66. The molecular weight excluding hydrogens is 280 g/mol. The molecule has 0 saturated carbocycles. The van der Waals surface area contributed by atoms with Gasteiger partial charge in [-0.15, -0.1) is 0 Å². The molecule has 112 valence electrons. The number of hydrogen-bond acceptors (Lipinski definition) is 4. The maximum Gasteiger partial charge on any atom is 0.337 e. The van der Waals surface area contributed by atoms with Crippen molar-refractivity contribution in [3.8, 4) is 0 Å². The van der Waals surface area contributed by atoms with E-state index < -0.39 is 21.2 Å². The van der Waals surface area contributed by atoms with E-state index in [1.165, 1.54) is 18.5 Å². The summed E-state index contributed by atoms with van der Waals surface area (Å²) in [7, 11) is -3.50. The minimum atomic E-state index is -3.50. The Balaban J connectivity index is 2.13. The molecule has 7 heteroatoms. The summed E-state index contributed by atoms with van der Waals surface area (Å²) in [5.41, 5.74) is -0.00630. The normalized spacial score (nSPS) is 18.6. The Labute approximate surface area is 119 Å². The molecule has 1 aliphatic rings. The molecule has 1 aromatic heterocycles. The standard InChI is InChI=1S/C13H20N2O4S/c1-10(2)14-6-4-12(5-7-14)20(18,19)15-8-3-11(9-15)13(16)17/h3,8-10,12H,4-7H2,1-2H3,(H,16,17). The fourth-order valence-corrected chi connectivity index (χ4v) is 4.17. The third-order valence-electron chi connectivity index (χ3n) is 3.84. The zero-order chi connectivity index (χ0) is 14.9. The Kier molecular flexibility index (Phi) is 4.19. The maximum atomic E-state index is 12.5. The summed E-state index contributed by atoms with van der Waals surface area (Å²) < 4.78 is 26.0. The van der Waals surface area contributed by atoms with Crippen LogP contribution in [0.15, 0.2) is 18.5 Å². The quantitative estimate of drug-likeness (QED) is 0.905. The van der Waals surface area contributed by atoms with E-state index >= 15 is 0 Å². The Morgan fingerprint density at radius 3 is 2.40 bits per heavy atom. The van der Waals surface area contributed by atoms with Gasteiger partial charge >= 0.3 is 5.97 Å². The molecule has 1 saturated heterocycles. The summed E-state index contributed by atoms with van der Waals surface area (Å²) in [5.74, 6) is -1.12. The number of hydrogen-bond donors (Lipinski definition) is 1. The first-order valence-electron chi connectivity index (χ1n) is 6.72. The third-order valence-corrected chi connectivity index (χ3v) is 5.96. The van der Waals surface area contributed by atoms with E-state index in [9.17, 15) is 13.2 Å². The van der Waals surface area contributed by atoms with Crippen LogP contribution in [-0.2, 0) is 10.0 Å². The molecule has 0 aliphatic carbocycles. The van der Waals surface area contributed by atoms with Crippen molar-refractivity contribution in [3.05, 3.63) is 24.0 Å². The van der Waals surface area contributed by atoms with Crippen LogP contribution in [0.3, 0.4) is 0 Å². The van der Waals surface area contributed by atoms with Gasteiger partial charge in [-0.25, -0.2) is 13.2 Å². The van der Waals surface area contributed by atoms with Crippen LogP contribution in [0.25, 0.3) is 0 Å². The molecule has 0 radical (unpaired) electrons. The Morgan fingerprint density at radius 1 is 1.35 bits per heavy atom. The van der Waals surface area contributed by atoms with E-state index in [-0.39, 0.29) is 5.56 Å². The van der Waals surface area contributed by atoms with Gasteiger partial charge in [0.2, 0.25) is 10.0 Å². The first kappa shape index (κ1) is 15.1. The number of nitrogens with zero attached hydrogens (tertiary/aromatic N) is 2. The second-order valence-corrected chi connectivity index (χ2v) is 7.53. The average molecular weight is 300 g/mol. The number of carboxylic acids is 1. The van der Waals surface area contributed by atoms with Crippen LogP contribution < -0.4 is 0 Å². The van der Waals surface area contributed by atoms with E-state index in [2.05, 4.69) is 18.7 Å². The average Bonchev–Trinajstić information content (AvgIpc) is 2.89. The van der Waals surface area contributed by atoms with E-state index in [4.69, 9.17) is 5.11 Å². The third kappa shape index (κ3) is 2.88. The van der Waals surface area contributed by atoms with Crippen LogP contribution in [0.2, 0.25) is 0 Å². The van der Waals surface area contributed by atoms with Crippen LogP contribution in [0, 0.1) is 0 Å². The van der Waals surface area contributed by atoms with Crippen LogP contribution in [0.1, 0.15) is 37.0 Å². The highest BCUT2D eigenvalue weighted by Gasteiger charge is 2.31. The monoisotopic (exact) mass is 300 g/mol. The SMILES string of the molecule is CC(C)N1CCC(S(=O)(=O)n2ccc(C(=O)O)c2)CC1. The molecule has 0 aromatic carbocycles. The molecule has 2 heterocycles. The zero-order valence-electron chi connectivity index (χ0n) is 11.7. The van der Waals surface area contributed by atoms with E-state index in [1.54, 1.807) is 0 Å². The fourth-order valence-electron chi connectivity index (χ4n) is 2.52. The maximum absolute atomic E-state index is 12.5. The summed E-state index contributed by atoms with van der Waals surface area (Å²) in [4.78, 5) is 13.1. The smallest absolute Gasteiger partial charge is 0.337 e. The van der Waals surface area contributed by atoms with Crippen molar-refractivity contribution in [2.24, 2.45) is 0 Å². The second-order valence-electron chi connectivity index (χ2n) is 5.41. The van der Waals surface area contributed by atoms with Crippen LogP contribution in [0.5, 0.6) is 0 Å². The Hall–Kier alpha value is -1.34. The van der Waals surface area contributed by atoms with Gasteiger partial charge in [-0.05, 0) is 45.8 Å². The lowest BCUT2D eigenvalue weighted by atomic mass is 10.1. The lowest BCUT2D eigenvalue weighted by Crippen LogP contribution is -2.43. The van der Waals surface area contributed by atoms with Crippen LogP contribution in [0.4, 0.5) is 0 Å². The van der Waals surface area contributed by atoms with Crippen molar-refractivity contribution >= 4 is 16.0 Å². The minimum absolute atomic E-state index is 0.00630. The lowest BCUT2D eigenvalue weighted by molar-refractivity contribution is 0.0697. The number of likely N-dealkylation sites (tertiary alicyclic amines) is 1. The van der Waals surface area contributed by atoms with Crippen molar-refractivity contribution in [1.29, 1.82) is 0 Å². The molecule has 1 aliphatic heterocycles. The molecule has 2 rings (SSSR count). The highest BCUT2D eigenvalue weighted by Crippen LogP contribution is 2.21. The summed E-state index contributed by atoms with van der Waals surface area (Å²) in [6, 6.07) is 1.73. The predicted molar refractivity (Wildman–Crippen MR) is 75.4 cm³/mol. The van der Waals surface area contributed by atoms with Crippen molar-refractivity contribution in [3.63, 3.8) is 0 Å². The van der Waals surface area contributed by atoms with Crippen molar-refractivity contribution in [2.75, 3.05) is 13.1 Å². The van der Waals surface area contributed by atoms with Gasteiger partial charge in [0.25, 0.3) is 0 Å². The number of carbonyl (C=O) groups is 1. The molecule has 6 nitrogen and oxygen atoms in total. The van der Waals surface area contributed by atoms with E-state index in [0.29, 0.717) is 18.9 Å². The molecule has 0 atom stereocenters.